The molecule has 0 fully saturated rings. The molecule has 1 aliphatic rings. The molecule has 0 aliphatic heterocycles. The molecule has 1 atom stereocenters. The highest BCUT2D eigenvalue weighted by atomic mass is 14.5. The molecule has 0 amide bonds. The first-order valence-electron chi connectivity index (χ1n) is 7.49. The van der Waals surface area contributed by atoms with E-state index < -0.39 is 0 Å². The molecule has 0 saturated heterocycles. The van der Waals surface area contributed by atoms with Crippen LogP contribution in [0.15, 0.2) is 48.5 Å². The van der Waals surface area contributed by atoms with Crippen molar-refractivity contribution in [2.75, 3.05) is 6.54 Å². The molecule has 1 aliphatic carbocycles. The molecule has 3 aromatic rings. The lowest BCUT2D eigenvalue weighted by Crippen LogP contribution is -2.22. The van der Waals surface area contributed by atoms with Crippen LogP contribution in [0.5, 0.6) is 0 Å². The number of hydrogen-bond acceptors (Lipinski definition) is 1. The van der Waals surface area contributed by atoms with Crippen molar-refractivity contribution in [2.24, 2.45) is 11.7 Å². The van der Waals surface area contributed by atoms with Crippen molar-refractivity contribution in [3.8, 4) is 0 Å². The zero-order valence-corrected chi connectivity index (χ0v) is 11.6. The zero-order valence-electron chi connectivity index (χ0n) is 11.6. The molecule has 0 heterocycles. The van der Waals surface area contributed by atoms with Crippen molar-refractivity contribution in [1.29, 1.82) is 0 Å². The van der Waals surface area contributed by atoms with Crippen LogP contribution in [0.4, 0.5) is 0 Å². The molecule has 0 saturated carbocycles. The van der Waals surface area contributed by atoms with Gasteiger partial charge in [0, 0.05) is 0 Å². The number of nitrogens with two attached hydrogens (primary N) is 1. The van der Waals surface area contributed by atoms with Gasteiger partial charge in [0.2, 0.25) is 0 Å². The largest absolute Gasteiger partial charge is 0.330 e. The Kier molecular flexibility index (Phi) is 2.75. The lowest BCUT2D eigenvalue weighted by molar-refractivity contribution is 0.471. The van der Waals surface area contributed by atoms with Crippen LogP contribution in [0.2, 0.25) is 0 Å². The van der Waals surface area contributed by atoms with Gasteiger partial charge < -0.3 is 5.73 Å². The molecule has 1 heteroatoms. The van der Waals surface area contributed by atoms with Crippen molar-refractivity contribution in [3.63, 3.8) is 0 Å². The normalized spacial score (nSPS) is 18.4. The third-order valence-electron chi connectivity index (χ3n) is 4.78. The van der Waals surface area contributed by atoms with E-state index in [0.29, 0.717) is 5.92 Å². The van der Waals surface area contributed by atoms with Gasteiger partial charge in [-0.15, -0.1) is 0 Å². The summed E-state index contributed by atoms with van der Waals surface area (Å²) in [6, 6.07) is 17.8. The highest BCUT2D eigenvalue weighted by Crippen LogP contribution is 2.34. The van der Waals surface area contributed by atoms with Crippen LogP contribution < -0.4 is 5.73 Å². The molecule has 0 aromatic heterocycles. The van der Waals surface area contributed by atoms with Crippen LogP contribution in [0.1, 0.15) is 17.5 Å². The van der Waals surface area contributed by atoms with Gasteiger partial charge >= 0.3 is 0 Å². The van der Waals surface area contributed by atoms with Crippen molar-refractivity contribution in [3.05, 3.63) is 59.7 Å². The van der Waals surface area contributed by atoms with Crippen LogP contribution in [0.3, 0.4) is 0 Å². The van der Waals surface area contributed by atoms with Gasteiger partial charge in [-0.25, -0.2) is 0 Å². The molecule has 20 heavy (non-hydrogen) atoms. The first kappa shape index (κ1) is 11.9. The first-order valence-corrected chi connectivity index (χ1v) is 7.49. The van der Waals surface area contributed by atoms with Crippen molar-refractivity contribution < 1.29 is 0 Å². The summed E-state index contributed by atoms with van der Waals surface area (Å²) in [7, 11) is 0. The Morgan fingerprint density at radius 2 is 1.75 bits per heavy atom. The van der Waals surface area contributed by atoms with E-state index in [0.717, 1.165) is 13.0 Å². The van der Waals surface area contributed by atoms with Crippen LogP contribution in [0.25, 0.3) is 21.5 Å². The monoisotopic (exact) mass is 261 g/mol. The van der Waals surface area contributed by atoms with Crippen LogP contribution in [-0.2, 0) is 12.8 Å². The van der Waals surface area contributed by atoms with E-state index >= 15 is 0 Å². The maximum Gasteiger partial charge on any atom is -0.00456 e. The minimum absolute atomic E-state index is 0.652. The van der Waals surface area contributed by atoms with E-state index in [1.807, 2.05) is 0 Å². The Morgan fingerprint density at radius 1 is 0.900 bits per heavy atom. The summed E-state index contributed by atoms with van der Waals surface area (Å²) in [4.78, 5) is 0. The van der Waals surface area contributed by atoms with E-state index in [-0.39, 0.29) is 0 Å². The lowest BCUT2D eigenvalue weighted by atomic mass is 9.81. The molecule has 2 N–H and O–H groups in total. The number of rotatable bonds is 1. The minimum Gasteiger partial charge on any atom is -0.330 e. The third kappa shape index (κ3) is 1.74. The number of benzene rings is 3. The predicted molar refractivity (Wildman–Crippen MR) is 86.0 cm³/mol. The maximum atomic E-state index is 5.89. The second-order valence-corrected chi connectivity index (χ2v) is 5.93. The van der Waals surface area contributed by atoms with Gasteiger partial charge in [0.15, 0.2) is 0 Å². The predicted octanol–water partition coefficient (Wildman–Crippen LogP) is 4.06. The van der Waals surface area contributed by atoms with E-state index in [1.54, 1.807) is 0 Å². The van der Waals surface area contributed by atoms with Crippen molar-refractivity contribution in [2.45, 2.75) is 19.3 Å². The van der Waals surface area contributed by atoms with E-state index in [1.165, 1.54) is 45.5 Å². The van der Waals surface area contributed by atoms with Gasteiger partial charge in [-0.2, -0.15) is 0 Å². The third-order valence-corrected chi connectivity index (χ3v) is 4.78. The molecular weight excluding hydrogens is 242 g/mol. The summed E-state index contributed by atoms with van der Waals surface area (Å²) in [6.07, 6.45) is 3.56. The highest BCUT2D eigenvalue weighted by molar-refractivity contribution is 6.08. The molecule has 100 valence electrons. The van der Waals surface area contributed by atoms with Crippen LogP contribution >= 0.6 is 0 Å². The van der Waals surface area contributed by atoms with E-state index in [2.05, 4.69) is 48.5 Å². The molecular formula is C19H19N. The average molecular weight is 261 g/mol. The van der Waals surface area contributed by atoms with Gasteiger partial charge in [-0.05, 0) is 64.4 Å². The number of hydrogen-bond donors (Lipinski definition) is 1. The van der Waals surface area contributed by atoms with Gasteiger partial charge in [0.25, 0.3) is 0 Å². The quantitative estimate of drug-likeness (QED) is 0.657. The second-order valence-electron chi connectivity index (χ2n) is 5.93. The summed E-state index contributed by atoms with van der Waals surface area (Å²) in [6.45, 7) is 0.809. The fourth-order valence-electron chi connectivity index (χ4n) is 3.62. The minimum atomic E-state index is 0.652. The number of aryl methyl sites for hydroxylation is 1. The SMILES string of the molecule is NCC1CCc2ccc3c(ccc4ccccc43)c2C1. The fraction of sp³-hybridized carbons (Fsp3) is 0.263. The van der Waals surface area contributed by atoms with Gasteiger partial charge in [-0.1, -0.05) is 48.5 Å². The summed E-state index contributed by atoms with van der Waals surface area (Å²) in [5, 5.41) is 5.51. The second kappa shape index (κ2) is 4.60. The topological polar surface area (TPSA) is 26.0 Å². The Balaban J connectivity index is 2.02. The lowest BCUT2D eigenvalue weighted by Gasteiger charge is -2.25. The molecule has 0 radical (unpaired) electrons. The molecule has 0 spiro atoms. The van der Waals surface area contributed by atoms with Crippen LogP contribution in [0, 0.1) is 5.92 Å². The summed E-state index contributed by atoms with van der Waals surface area (Å²) >= 11 is 0. The Hall–Kier alpha value is -1.86. The smallest absolute Gasteiger partial charge is 0.00456 e. The molecule has 0 bridgehead atoms. The van der Waals surface area contributed by atoms with Crippen molar-refractivity contribution in [1.82, 2.24) is 0 Å². The zero-order chi connectivity index (χ0) is 13.5. The maximum absolute atomic E-state index is 5.89. The van der Waals surface area contributed by atoms with Gasteiger partial charge in [0.1, 0.15) is 0 Å². The average Bonchev–Trinajstić information content (AvgIpc) is 2.53. The summed E-state index contributed by atoms with van der Waals surface area (Å²) < 4.78 is 0. The highest BCUT2D eigenvalue weighted by Gasteiger charge is 2.19. The molecule has 3 aromatic carbocycles. The Morgan fingerprint density at radius 3 is 2.65 bits per heavy atom. The summed E-state index contributed by atoms with van der Waals surface area (Å²) in [5.41, 5.74) is 8.96. The van der Waals surface area contributed by atoms with Gasteiger partial charge in [0.05, 0.1) is 0 Å². The number of fused-ring (bicyclic) bond motifs is 5. The summed E-state index contributed by atoms with van der Waals surface area (Å²) in [5.74, 6) is 0.652. The Bertz CT molecular complexity index is 788. The fourth-order valence-corrected chi connectivity index (χ4v) is 3.62. The first-order chi connectivity index (χ1) is 9.86. The molecule has 4 rings (SSSR count). The van der Waals surface area contributed by atoms with E-state index in [9.17, 15) is 0 Å². The molecule has 1 nitrogen and oxygen atoms in total. The standard InChI is InChI=1S/C19H19N/c20-12-13-5-6-15-8-9-17-16-4-2-1-3-14(16)7-10-18(17)19(15)11-13/h1-4,7-10,13H,5-6,11-12,20H2. The van der Waals surface area contributed by atoms with E-state index in [4.69, 9.17) is 5.73 Å². The van der Waals surface area contributed by atoms with Crippen LogP contribution in [-0.4, -0.2) is 6.54 Å². The van der Waals surface area contributed by atoms with Crippen molar-refractivity contribution >= 4 is 21.5 Å². The Labute approximate surface area is 119 Å². The molecule has 1 unspecified atom stereocenters. The van der Waals surface area contributed by atoms with Gasteiger partial charge in [-0.3, -0.25) is 0 Å².